The van der Waals surface area contributed by atoms with Crippen molar-refractivity contribution in [2.45, 2.75) is 51.4 Å². The Bertz CT molecular complexity index is 731. The number of hydrogen-bond donors (Lipinski definition) is 0. The molecule has 0 radical (unpaired) electrons. The van der Waals surface area contributed by atoms with Gasteiger partial charge in [-0.2, -0.15) is 18.2 Å². The number of benzene rings is 1. The Balaban J connectivity index is 0.00000109. The highest BCUT2D eigenvalue weighted by Gasteiger charge is 2.31. The smallest absolute Gasteiger partial charge is 0.339 e. The Morgan fingerprint density at radius 2 is 1.92 bits per heavy atom. The molecule has 1 fully saturated rings. The van der Waals surface area contributed by atoms with Crippen molar-refractivity contribution in [3.63, 3.8) is 0 Å². The maximum Gasteiger partial charge on any atom is 0.416 e. The van der Waals surface area contributed by atoms with E-state index in [-0.39, 0.29) is 24.0 Å². The number of alkyl halides is 3. The van der Waals surface area contributed by atoms with Crippen molar-refractivity contribution < 1.29 is 17.7 Å². The summed E-state index contributed by atoms with van der Waals surface area (Å²) in [6.45, 7) is 4.07. The molecule has 1 aromatic heterocycles. The third-order valence-corrected chi connectivity index (χ3v) is 4.15. The van der Waals surface area contributed by atoms with Gasteiger partial charge >= 0.3 is 6.18 Å². The topological polar surface area (TPSA) is 62.7 Å². The van der Waals surface area contributed by atoms with Gasteiger partial charge in [0, 0.05) is 17.4 Å². The van der Waals surface area contributed by atoms with E-state index in [0.29, 0.717) is 5.89 Å². The lowest BCUT2D eigenvalue weighted by atomic mass is 9.42. The van der Waals surface area contributed by atoms with Crippen LogP contribution in [0.3, 0.4) is 0 Å². The van der Waals surface area contributed by atoms with E-state index in [1.165, 1.54) is 12.1 Å². The first-order valence-electron chi connectivity index (χ1n) is 8.38. The number of aromatic nitrogens is 2. The first-order chi connectivity index (χ1) is 12.0. The molecule has 0 atom stereocenters. The van der Waals surface area contributed by atoms with Gasteiger partial charge in [-0.15, -0.1) is 0 Å². The molecule has 132 valence electrons. The minimum Gasteiger partial charge on any atom is -0.339 e. The predicted octanol–water partition coefficient (Wildman–Crippen LogP) is 5.22. The van der Waals surface area contributed by atoms with Crippen LogP contribution in [0.2, 0.25) is 12.6 Å². The predicted molar refractivity (Wildman–Crippen MR) is 89.0 cm³/mol. The molecule has 0 N–H and O–H groups in total. The van der Waals surface area contributed by atoms with Gasteiger partial charge in [0.15, 0.2) is 0 Å². The van der Waals surface area contributed by atoms with E-state index in [4.69, 9.17) is 9.78 Å². The van der Waals surface area contributed by atoms with Crippen LogP contribution >= 0.6 is 0 Å². The summed E-state index contributed by atoms with van der Waals surface area (Å²) in [7, 11) is 0. The van der Waals surface area contributed by atoms with E-state index in [9.17, 15) is 13.2 Å². The van der Waals surface area contributed by atoms with E-state index >= 15 is 0 Å². The summed E-state index contributed by atoms with van der Waals surface area (Å²) < 4.78 is 43.5. The summed E-state index contributed by atoms with van der Waals surface area (Å²) in [5.41, 5.74) is -0.462. The van der Waals surface area contributed by atoms with Crippen LogP contribution in [0.1, 0.15) is 44.1 Å². The Labute approximate surface area is 145 Å². The van der Waals surface area contributed by atoms with Gasteiger partial charge in [-0.1, -0.05) is 43.8 Å². The summed E-state index contributed by atoms with van der Waals surface area (Å²) in [5.74, 6) is 2.93. The molecule has 0 spiro atoms. The Morgan fingerprint density at radius 1 is 1.24 bits per heavy atom. The van der Waals surface area contributed by atoms with Crippen LogP contribution in [0.25, 0.3) is 11.4 Å². The first-order valence-corrected chi connectivity index (χ1v) is 8.38. The fraction of sp³-hybridized carbons (Fsp3) is 0.471. The fourth-order valence-electron chi connectivity index (χ4n) is 2.82. The third kappa shape index (κ3) is 4.62. The van der Waals surface area contributed by atoms with Crippen molar-refractivity contribution in [3.8, 4) is 17.4 Å². The van der Waals surface area contributed by atoms with Crippen molar-refractivity contribution >= 4 is 6.71 Å². The monoisotopic (exact) mass is 349 g/mol. The summed E-state index contributed by atoms with van der Waals surface area (Å²) in [4.78, 5) is 4.25. The van der Waals surface area contributed by atoms with E-state index in [2.05, 4.69) is 16.1 Å². The molecular formula is C17H19BF3N3O. The molecule has 1 aromatic carbocycles. The molecular weight excluding hydrogens is 330 g/mol. The van der Waals surface area contributed by atoms with Gasteiger partial charge in [0.1, 0.15) is 0 Å². The Morgan fingerprint density at radius 3 is 2.52 bits per heavy atom. The van der Waals surface area contributed by atoms with Crippen LogP contribution < -0.4 is 0 Å². The average Bonchev–Trinajstić information content (AvgIpc) is 3.13. The van der Waals surface area contributed by atoms with Crippen molar-refractivity contribution in [2.24, 2.45) is 0 Å². The molecule has 25 heavy (non-hydrogen) atoms. The van der Waals surface area contributed by atoms with Gasteiger partial charge in [-0.3, -0.25) is 0 Å². The molecule has 1 aliphatic rings. The van der Waals surface area contributed by atoms with Crippen molar-refractivity contribution in [3.05, 3.63) is 35.7 Å². The highest BCUT2D eigenvalue weighted by atomic mass is 19.4. The van der Waals surface area contributed by atoms with Gasteiger partial charge in [0.05, 0.1) is 5.56 Å². The number of rotatable bonds is 2. The second-order valence-corrected chi connectivity index (χ2v) is 5.71. The SMILES string of the molecule is CC.N#CB1CCC(c2nc(-c3cccc(C(F)(F)F)c3)no2)CC1. The van der Waals surface area contributed by atoms with Crippen molar-refractivity contribution in [1.82, 2.24) is 10.1 Å². The molecule has 1 aliphatic heterocycles. The zero-order chi connectivity index (χ0) is 18.4. The maximum absolute atomic E-state index is 12.8. The molecule has 0 bridgehead atoms. The summed E-state index contributed by atoms with van der Waals surface area (Å²) >= 11 is 0. The van der Waals surface area contributed by atoms with Gasteiger partial charge in [-0.05, 0) is 25.0 Å². The molecule has 0 aliphatic carbocycles. The van der Waals surface area contributed by atoms with Gasteiger partial charge < -0.3 is 4.52 Å². The highest BCUT2D eigenvalue weighted by Crippen LogP contribution is 2.34. The highest BCUT2D eigenvalue weighted by molar-refractivity contribution is 6.67. The summed E-state index contributed by atoms with van der Waals surface area (Å²) in [6.07, 6.45) is -1.28. The fourth-order valence-corrected chi connectivity index (χ4v) is 2.82. The third-order valence-electron chi connectivity index (χ3n) is 4.15. The van der Waals surface area contributed by atoms with E-state index in [1.807, 2.05) is 13.8 Å². The van der Waals surface area contributed by atoms with Crippen LogP contribution in [0, 0.1) is 11.2 Å². The second kappa shape index (κ2) is 8.19. The number of halogens is 3. The summed E-state index contributed by atoms with van der Waals surface area (Å²) in [5, 5.41) is 12.7. The number of nitrogens with zero attached hydrogens (tertiary/aromatic N) is 3. The molecule has 1 saturated heterocycles. The zero-order valence-electron chi connectivity index (χ0n) is 14.2. The molecule has 0 saturated carbocycles. The largest absolute Gasteiger partial charge is 0.416 e. The van der Waals surface area contributed by atoms with Crippen molar-refractivity contribution in [1.29, 1.82) is 5.26 Å². The Hall–Kier alpha value is -2.30. The molecule has 2 heterocycles. The molecule has 4 nitrogen and oxygen atoms in total. The van der Waals surface area contributed by atoms with Crippen LogP contribution in [0.15, 0.2) is 28.8 Å². The number of hydrogen-bond acceptors (Lipinski definition) is 4. The molecule has 2 aromatic rings. The quantitative estimate of drug-likeness (QED) is 0.698. The standard InChI is InChI=1S/C15H13BF3N3O.C2H6/c17-15(18,19)12-3-1-2-11(8-12)13-21-14(23-22-13)10-4-6-16(9-20)7-5-10;1-2/h1-3,8,10H,4-7H2;1-2H3. The maximum atomic E-state index is 12.8. The Kier molecular flexibility index (Phi) is 6.24. The van der Waals surface area contributed by atoms with Gasteiger partial charge in [0.2, 0.25) is 11.7 Å². The van der Waals surface area contributed by atoms with E-state index in [1.54, 1.807) is 0 Å². The zero-order valence-corrected chi connectivity index (χ0v) is 14.2. The van der Waals surface area contributed by atoms with Gasteiger partial charge in [-0.25, -0.2) is 5.26 Å². The normalized spacial score (nSPS) is 15.3. The lowest BCUT2D eigenvalue weighted by molar-refractivity contribution is -0.137. The van der Waals surface area contributed by atoms with Crippen LogP contribution in [0.5, 0.6) is 0 Å². The first kappa shape index (κ1) is 19.0. The minimum absolute atomic E-state index is 0.0668. The number of nitriles is 1. The lowest BCUT2D eigenvalue weighted by Crippen LogP contribution is -2.19. The van der Waals surface area contributed by atoms with Crippen LogP contribution in [-0.2, 0) is 6.18 Å². The van der Waals surface area contributed by atoms with E-state index < -0.39 is 11.7 Å². The average molecular weight is 349 g/mol. The van der Waals surface area contributed by atoms with Crippen LogP contribution in [-0.4, -0.2) is 16.9 Å². The lowest BCUT2D eigenvalue weighted by Gasteiger charge is -2.19. The van der Waals surface area contributed by atoms with E-state index in [0.717, 1.165) is 37.6 Å². The van der Waals surface area contributed by atoms with Crippen molar-refractivity contribution in [2.75, 3.05) is 0 Å². The minimum atomic E-state index is -4.40. The molecule has 8 heteroatoms. The van der Waals surface area contributed by atoms with Crippen LogP contribution in [0.4, 0.5) is 13.2 Å². The second-order valence-electron chi connectivity index (χ2n) is 5.71. The molecule has 0 amide bonds. The van der Waals surface area contributed by atoms with Gasteiger partial charge in [0.25, 0.3) is 6.71 Å². The molecule has 0 unspecified atom stereocenters. The summed E-state index contributed by atoms with van der Waals surface area (Å²) in [6, 6.07) is 4.87. The molecule has 3 rings (SSSR count).